The summed E-state index contributed by atoms with van der Waals surface area (Å²) in [6, 6.07) is 3.43. The van der Waals surface area contributed by atoms with E-state index >= 15 is 0 Å². The van der Waals surface area contributed by atoms with E-state index in [9.17, 15) is 26.7 Å². The maximum Gasteiger partial charge on any atom is 0.392 e. The maximum absolute atomic E-state index is 12.3. The molecule has 2 atom stereocenters. The van der Waals surface area contributed by atoms with E-state index in [0.717, 1.165) is 10.6 Å². The molecule has 1 N–H and O–H groups in total. The van der Waals surface area contributed by atoms with Crippen LogP contribution in [0.1, 0.15) is 38.8 Å². The number of hydrogen-bond acceptors (Lipinski definition) is 5. The molecule has 1 aliphatic heterocycles. The first-order chi connectivity index (χ1) is 12.3. The molecule has 0 unspecified atom stereocenters. The van der Waals surface area contributed by atoms with Crippen molar-refractivity contribution in [2.24, 2.45) is 0 Å². The predicted molar refractivity (Wildman–Crippen MR) is 93.3 cm³/mol. The number of ether oxygens (including phenoxy) is 2. The van der Waals surface area contributed by atoms with Crippen molar-refractivity contribution in [3.8, 4) is 11.5 Å². The van der Waals surface area contributed by atoms with Crippen LogP contribution < -0.4 is 9.47 Å². The first-order valence-electron chi connectivity index (χ1n) is 8.43. The van der Waals surface area contributed by atoms with E-state index in [4.69, 9.17) is 9.47 Å². The second-order valence-corrected chi connectivity index (χ2v) is 8.91. The van der Waals surface area contributed by atoms with Crippen molar-refractivity contribution in [1.82, 2.24) is 4.31 Å². The van der Waals surface area contributed by atoms with Crippen LogP contribution in [0.5, 0.6) is 11.5 Å². The van der Waals surface area contributed by atoms with Crippen molar-refractivity contribution in [3.05, 3.63) is 23.8 Å². The molecule has 2 rings (SSSR count). The second kappa shape index (κ2) is 7.48. The Labute approximate surface area is 156 Å². The fourth-order valence-electron chi connectivity index (χ4n) is 3.07. The number of hydrogen-bond donors (Lipinski definition) is 1. The van der Waals surface area contributed by atoms with Gasteiger partial charge in [0.15, 0.2) is 0 Å². The van der Waals surface area contributed by atoms with Gasteiger partial charge in [-0.15, -0.1) is 0 Å². The number of halogens is 3. The zero-order chi connectivity index (χ0) is 20.6. The molecule has 0 fully saturated rings. The summed E-state index contributed by atoms with van der Waals surface area (Å²) < 4.78 is 73.4. The van der Waals surface area contributed by atoms with Crippen molar-refractivity contribution in [1.29, 1.82) is 0 Å². The lowest BCUT2D eigenvalue weighted by molar-refractivity contribution is -0.139. The standard InChI is InChI=1S/C17H24F3NO5S/c1-5-21(27(4,23)24)14-12-10-11(25-9-8-17(18,19)20)6-7-13(12)26-16(2,3)15(14)22/h6-7,10,14-15,22H,5,8-9H2,1-4H3/t14-,15+/m1/s1. The van der Waals surface area contributed by atoms with Crippen LogP contribution in [0.25, 0.3) is 0 Å². The zero-order valence-corrected chi connectivity index (χ0v) is 16.4. The van der Waals surface area contributed by atoms with Gasteiger partial charge in [0.25, 0.3) is 0 Å². The van der Waals surface area contributed by atoms with E-state index in [2.05, 4.69) is 0 Å². The van der Waals surface area contributed by atoms with Gasteiger partial charge >= 0.3 is 6.18 Å². The number of fused-ring (bicyclic) bond motifs is 1. The van der Waals surface area contributed by atoms with Gasteiger partial charge in [0, 0.05) is 12.1 Å². The highest BCUT2D eigenvalue weighted by atomic mass is 32.2. The number of likely N-dealkylation sites (N-methyl/N-ethyl adjacent to an activating group) is 1. The van der Waals surface area contributed by atoms with Gasteiger partial charge in [-0.2, -0.15) is 17.5 Å². The number of aliphatic hydroxyl groups is 1. The fourth-order valence-corrected chi connectivity index (χ4v) is 4.18. The summed E-state index contributed by atoms with van der Waals surface area (Å²) in [5, 5.41) is 10.8. The summed E-state index contributed by atoms with van der Waals surface area (Å²) in [6.45, 7) is 4.45. The molecule has 1 aromatic rings. The normalized spacial score (nSPS) is 22.3. The van der Waals surface area contributed by atoms with Crippen LogP contribution in [-0.2, 0) is 10.0 Å². The molecule has 0 bridgehead atoms. The van der Waals surface area contributed by atoms with E-state index in [1.165, 1.54) is 18.2 Å². The number of sulfonamides is 1. The maximum atomic E-state index is 12.3. The van der Waals surface area contributed by atoms with Crippen LogP contribution in [0.3, 0.4) is 0 Å². The van der Waals surface area contributed by atoms with Gasteiger partial charge < -0.3 is 14.6 Å². The largest absolute Gasteiger partial charge is 0.493 e. The average molecular weight is 411 g/mol. The molecule has 0 aliphatic carbocycles. The SMILES string of the molecule is CCN([C@@H]1c2cc(OCCC(F)(F)F)ccc2OC(C)(C)[C@H]1O)S(C)(=O)=O. The molecule has 154 valence electrons. The third-order valence-electron chi connectivity index (χ3n) is 4.39. The third kappa shape index (κ3) is 5.05. The molecule has 1 aromatic carbocycles. The van der Waals surface area contributed by atoms with Crippen LogP contribution >= 0.6 is 0 Å². The summed E-state index contributed by atoms with van der Waals surface area (Å²) in [5.41, 5.74) is -0.715. The second-order valence-electron chi connectivity index (χ2n) is 6.97. The fraction of sp³-hybridized carbons (Fsp3) is 0.647. The number of alkyl halides is 3. The minimum absolute atomic E-state index is 0.106. The minimum Gasteiger partial charge on any atom is -0.493 e. The monoisotopic (exact) mass is 411 g/mol. The number of rotatable bonds is 6. The summed E-state index contributed by atoms with van der Waals surface area (Å²) in [4.78, 5) is 0. The molecule has 6 nitrogen and oxygen atoms in total. The van der Waals surface area contributed by atoms with Gasteiger partial charge in [0.1, 0.15) is 23.2 Å². The number of aliphatic hydroxyl groups excluding tert-OH is 1. The molecule has 0 amide bonds. The van der Waals surface area contributed by atoms with Gasteiger partial charge in [0.05, 0.1) is 25.3 Å². The van der Waals surface area contributed by atoms with Crippen LogP contribution in [-0.4, -0.2) is 55.1 Å². The van der Waals surface area contributed by atoms with Crippen molar-refractivity contribution in [2.75, 3.05) is 19.4 Å². The molecule has 0 radical (unpaired) electrons. The Morgan fingerprint density at radius 2 is 1.96 bits per heavy atom. The lowest BCUT2D eigenvalue weighted by Crippen LogP contribution is -2.54. The molecule has 1 heterocycles. The lowest BCUT2D eigenvalue weighted by atomic mass is 9.86. The first-order valence-corrected chi connectivity index (χ1v) is 10.3. The smallest absolute Gasteiger partial charge is 0.392 e. The highest BCUT2D eigenvalue weighted by Gasteiger charge is 2.47. The van der Waals surface area contributed by atoms with Gasteiger partial charge in [-0.05, 0) is 32.0 Å². The molecular weight excluding hydrogens is 387 g/mol. The summed E-state index contributed by atoms with van der Waals surface area (Å²) >= 11 is 0. The zero-order valence-electron chi connectivity index (χ0n) is 15.6. The van der Waals surface area contributed by atoms with Gasteiger partial charge in [-0.1, -0.05) is 6.92 Å². The molecule has 0 saturated carbocycles. The van der Waals surface area contributed by atoms with Crippen LogP contribution in [0, 0.1) is 0 Å². The molecule has 0 spiro atoms. The quantitative estimate of drug-likeness (QED) is 0.779. The number of nitrogens with zero attached hydrogens (tertiary/aromatic N) is 1. The molecule has 0 aromatic heterocycles. The van der Waals surface area contributed by atoms with Crippen LogP contribution in [0.4, 0.5) is 13.2 Å². The molecule has 27 heavy (non-hydrogen) atoms. The molecular formula is C17H24F3NO5S. The summed E-state index contributed by atoms with van der Waals surface area (Å²) in [6.07, 6.45) is -5.60. The Bertz CT molecular complexity index is 779. The Balaban J connectivity index is 2.42. The first kappa shape index (κ1) is 21.8. The molecule has 0 saturated heterocycles. The Hall–Kier alpha value is -1.52. The third-order valence-corrected chi connectivity index (χ3v) is 5.72. The Morgan fingerprint density at radius 3 is 2.48 bits per heavy atom. The van der Waals surface area contributed by atoms with E-state index in [0.29, 0.717) is 11.3 Å². The summed E-state index contributed by atoms with van der Waals surface area (Å²) in [7, 11) is -3.66. The van der Waals surface area contributed by atoms with Crippen LogP contribution in [0.15, 0.2) is 18.2 Å². The predicted octanol–water partition coefficient (Wildman–Crippen LogP) is 2.87. The van der Waals surface area contributed by atoms with E-state index in [-0.39, 0.29) is 12.3 Å². The van der Waals surface area contributed by atoms with Crippen LogP contribution in [0.2, 0.25) is 0 Å². The lowest BCUT2D eigenvalue weighted by Gasteiger charge is -2.45. The van der Waals surface area contributed by atoms with Crippen molar-refractivity contribution < 1.29 is 36.2 Å². The van der Waals surface area contributed by atoms with Gasteiger partial charge in [-0.3, -0.25) is 0 Å². The highest BCUT2D eigenvalue weighted by Crippen LogP contribution is 2.45. The number of benzene rings is 1. The van der Waals surface area contributed by atoms with Crippen molar-refractivity contribution in [3.63, 3.8) is 0 Å². The minimum atomic E-state index is -4.34. The Morgan fingerprint density at radius 1 is 1.33 bits per heavy atom. The topological polar surface area (TPSA) is 76.1 Å². The van der Waals surface area contributed by atoms with E-state index in [1.54, 1.807) is 20.8 Å². The highest BCUT2D eigenvalue weighted by molar-refractivity contribution is 7.88. The Kier molecular flexibility index (Phi) is 6.03. The van der Waals surface area contributed by atoms with E-state index < -0.39 is 47.0 Å². The van der Waals surface area contributed by atoms with Crippen molar-refractivity contribution in [2.45, 2.75) is 51.1 Å². The average Bonchev–Trinajstić information content (AvgIpc) is 2.49. The van der Waals surface area contributed by atoms with E-state index in [1.807, 2.05) is 0 Å². The van der Waals surface area contributed by atoms with Gasteiger partial charge in [-0.25, -0.2) is 8.42 Å². The van der Waals surface area contributed by atoms with Gasteiger partial charge in [0.2, 0.25) is 10.0 Å². The van der Waals surface area contributed by atoms with Crippen molar-refractivity contribution >= 4 is 10.0 Å². The molecule has 10 heteroatoms. The summed E-state index contributed by atoms with van der Waals surface area (Å²) in [5.74, 6) is 0.489. The molecule has 1 aliphatic rings.